The van der Waals surface area contributed by atoms with Crippen LogP contribution < -0.4 is 16.1 Å². The van der Waals surface area contributed by atoms with E-state index in [2.05, 4.69) is 15.4 Å². The second-order valence-corrected chi connectivity index (χ2v) is 11.3. The molecule has 1 saturated heterocycles. The van der Waals surface area contributed by atoms with Crippen LogP contribution in [0.25, 0.3) is 0 Å². The number of esters is 1. The third-order valence-corrected chi connectivity index (χ3v) is 6.86. The van der Waals surface area contributed by atoms with Gasteiger partial charge in [-0.2, -0.15) is 13.8 Å². The van der Waals surface area contributed by atoms with Gasteiger partial charge in [0.1, 0.15) is 24.6 Å². The molecule has 0 saturated carbocycles. The van der Waals surface area contributed by atoms with Crippen LogP contribution in [-0.2, 0) is 30.0 Å². The largest absolute Gasteiger partial charge is 0.460 e. The fourth-order valence-corrected chi connectivity index (χ4v) is 4.93. The molecule has 0 aliphatic carbocycles. The molecule has 4 N–H and O–H groups in total. The number of carbonyl (C=O) groups excluding carboxylic acids is 1. The van der Waals surface area contributed by atoms with Crippen molar-refractivity contribution in [2.45, 2.75) is 70.7 Å². The maximum atomic E-state index is 14.9. The highest BCUT2D eigenvalue weighted by molar-refractivity contribution is 7.50. The predicted octanol–water partition coefficient (Wildman–Crippen LogP) is 2.43. The molecule has 1 aromatic heterocycles. The Morgan fingerprint density at radius 3 is 2.49 bits per heavy atom. The van der Waals surface area contributed by atoms with Gasteiger partial charge in [0, 0.05) is 12.2 Å². The Bertz CT molecular complexity index is 1230. The van der Waals surface area contributed by atoms with Crippen molar-refractivity contribution in [2.75, 3.05) is 11.9 Å². The number of hydrogen-bond acceptors (Lipinski definition) is 9. The molecule has 5 atom stereocenters. The Kier molecular flexibility index (Phi) is 9.97. The minimum Gasteiger partial charge on any atom is -0.460 e. The molecule has 2 aromatic rings. The van der Waals surface area contributed by atoms with Gasteiger partial charge in [0.25, 0.3) is 0 Å². The summed E-state index contributed by atoms with van der Waals surface area (Å²) >= 11 is 0. The normalized spacial score (nSPS) is 23.0. The van der Waals surface area contributed by atoms with E-state index in [1.54, 1.807) is 58.0 Å². The number of aliphatic hydroxyl groups is 1. The predicted molar refractivity (Wildman–Crippen MR) is 136 cm³/mol. The van der Waals surface area contributed by atoms with Gasteiger partial charge in [0.15, 0.2) is 6.10 Å². The molecule has 2 heterocycles. The van der Waals surface area contributed by atoms with Crippen LogP contribution in [0.4, 0.5) is 14.6 Å². The van der Waals surface area contributed by atoms with Crippen molar-refractivity contribution in [1.29, 1.82) is 0 Å². The number of carbonyl (C=O) groups is 1. The van der Waals surface area contributed by atoms with E-state index in [1.165, 1.54) is 6.07 Å². The number of nitrogens with one attached hydrogen (secondary N) is 2. The molecule has 1 aromatic carbocycles. The topological polar surface area (TPSA) is 161 Å². The van der Waals surface area contributed by atoms with Crippen LogP contribution in [0.5, 0.6) is 0 Å². The van der Waals surface area contributed by atoms with E-state index in [0.29, 0.717) is 10.1 Å². The van der Waals surface area contributed by atoms with Gasteiger partial charge in [-0.15, -0.1) is 0 Å². The Balaban J connectivity index is 1.64. The van der Waals surface area contributed by atoms with E-state index in [9.17, 15) is 32.9 Å². The number of alkyl halides is 2. The molecule has 0 spiro atoms. The van der Waals surface area contributed by atoms with Crippen molar-refractivity contribution in [2.24, 2.45) is 5.92 Å². The highest BCUT2D eigenvalue weighted by atomic mass is 31.2. The summed E-state index contributed by atoms with van der Waals surface area (Å²) in [5.74, 6) is -5.12. The number of aliphatic hydroxyl groups excluding tert-OH is 1. The molecule has 3 rings (SSSR count). The first kappa shape index (κ1) is 30.8. The zero-order valence-electron chi connectivity index (χ0n) is 21.9. The van der Waals surface area contributed by atoms with Gasteiger partial charge in [-0.3, -0.25) is 13.9 Å². The highest BCUT2D eigenvalue weighted by Gasteiger charge is 2.60. The molecule has 3 unspecified atom stereocenters. The van der Waals surface area contributed by atoms with Crippen molar-refractivity contribution in [3.05, 3.63) is 58.6 Å². The molecule has 15 heteroatoms. The standard InChI is InChI=1S/C24H33F2N4O8P/c1-14(2)19(21(32)36-12-16-8-6-5-7-9-16)29-39(34,35)37-13-17-20(31)24(25,26)22(38-17)30-11-10-18(27-15(3)4)28-23(30)33/h5-11,14-15,17,19-20,22,31H,12-13H2,1-4H3,(H,27,28,33)(H2,29,34,35)/t17?,19?,20-,22-/m1/s1. The number of aromatic nitrogens is 2. The summed E-state index contributed by atoms with van der Waals surface area (Å²) in [6, 6.07) is 8.76. The molecule has 39 heavy (non-hydrogen) atoms. The minimum atomic E-state index is -4.77. The van der Waals surface area contributed by atoms with Crippen molar-refractivity contribution in [3.8, 4) is 0 Å². The lowest BCUT2D eigenvalue weighted by atomic mass is 10.1. The highest BCUT2D eigenvalue weighted by Crippen LogP contribution is 2.45. The Morgan fingerprint density at radius 1 is 1.23 bits per heavy atom. The Hall–Kier alpha value is -2.74. The third-order valence-electron chi connectivity index (χ3n) is 5.76. The van der Waals surface area contributed by atoms with Crippen LogP contribution in [0.15, 0.2) is 47.4 Å². The third kappa shape index (κ3) is 7.90. The zero-order valence-corrected chi connectivity index (χ0v) is 22.8. The second-order valence-electron chi connectivity index (χ2n) is 9.71. The van der Waals surface area contributed by atoms with Crippen LogP contribution in [-0.4, -0.2) is 62.3 Å². The fourth-order valence-electron chi connectivity index (χ4n) is 3.75. The minimum absolute atomic E-state index is 0.0657. The number of rotatable bonds is 12. The van der Waals surface area contributed by atoms with Gasteiger partial charge in [-0.05, 0) is 31.4 Å². The first-order valence-corrected chi connectivity index (χ1v) is 13.8. The first-order valence-electron chi connectivity index (χ1n) is 12.2. The molecular weight excluding hydrogens is 541 g/mol. The monoisotopic (exact) mass is 574 g/mol. The molecule has 1 fully saturated rings. The van der Waals surface area contributed by atoms with Crippen molar-refractivity contribution in [3.63, 3.8) is 0 Å². The maximum Gasteiger partial charge on any atom is 0.403 e. The maximum absolute atomic E-state index is 14.9. The average Bonchev–Trinajstić information content (AvgIpc) is 3.08. The van der Waals surface area contributed by atoms with E-state index >= 15 is 0 Å². The van der Waals surface area contributed by atoms with Gasteiger partial charge >= 0.3 is 25.3 Å². The molecular formula is C24H33F2N4O8P. The number of hydrogen-bond donors (Lipinski definition) is 4. The quantitative estimate of drug-likeness (QED) is 0.218. The first-order chi connectivity index (χ1) is 18.2. The lowest BCUT2D eigenvalue weighted by Crippen LogP contribution is -2.42. The smallest absolute Gasteiger partial charge is 0.403 e. The molecule has 0 amide bonds. The van der Waals surface area contributed by atoms with E-state index in [0.717, 1.165) is 6.20 Å². The Labute approximate surface area is 223 Å². The fraction of sp³-hybridized carbons (Fsp3) is 0.542. The van der Waals surface area contributed by atoms with Gasteiger partial charge < -0.3 is 24.8 Å². The van der Waals surface area contributed by atoms with Gasteiger partial charge in [0.05, 0.1) is 6.61 Å². The van der Waals surface area contributed by atoms with Crippen molar-refractivity contribution in [1.82, 2.24) is 14.6 Å². The number of halogens is 2. The summed E-state index contributed by atoms with van der Waals surface area (Å²) < 4.78 is 58.2. The lowest BCUT2D eigenvalue weighted by Gasteiger charge is -2.24. The second kappa shape index (κ2) is 12.6. The molecule has 1 aliphatic rings. The van der Waals surface area contributed by atoms with Crippen LogP contribution in [0.2, 0.25) is 0 Å². The van der Waals surface area contributed by atoms with E-state index in [1.807, 2.05) is 0 Å². The summed E-state index contributed by atoms with van der Waals surface area (Å²) in [4.78, 5) is 38.9. The van der Waals surface area contributed by atoms with Crippen LogP contribution in [0, 0.1) is 5.92 Å². The molecule has 216 valence electrons. The molecule has 1 aliphatic heterocycles. The van der Waals surface area contributed by atoms with E-state index in [4.69, 9.17) is 14.0 Å². The van der Waals surface area contributed by atoms with Crippen LogP contribution in [0.1, 0.15) is 39.5 Å². The van der Waals surface area contributed by atoms with Gasteiger partial charge in [-0.1, -0.05) is 44.2 Å². The number of ether oxygens (including phenoxy) is 2. The summed E-state index contributed by atoms with van der Waals surface area (Å²) in [6.07, 6.45) is -5.45. The van der Waals surface area contributed by atoms with E-state index in [-0.39, 0.29) is 18.5 Å². The van der Waals surface area contributed by atoms with Crippen LogP contribution in [0.3, 0.4) is 0 Å². The summed E-state index contributed by atoms with van der Waals surface area (Å²) in [7, 11) is -4.77. The summed E-state index contributed by atoms with van der Waals surface area (Å²) in [5.41, 5.74) is -0.345. The van der Waals surface area contributed by atoms with Crippen molar-refractivity contribution < 1.29 is 42.1 Å². The number of anilines is 1. The molecule has 0 radical (unpaired) electrons. The van der Waals surface area contributed by atoms with Gasteiger partial charge in [0.2, 0.25) is 6.23 Å². The van der Waals surface area contributed by atoms with Crippen molar-refractivity contribution >= 4 is 19.5 Å². The SMILES string of the molecule is CC(C)Nc1ccn([C@@H]2OC(COP(=O)(O)NC(C(=O)OCc3ccccc3)C(C)C)[C@@H](O)C2(F)F)c(=O)n1. The molecule has 0 bridgehead atoms. The zero-order chi connectivity index (χ0) is 29.0. The van der Waals surface area contributed by atoms with E-state index < -0.39 is 62.3 Å². The van der Waals surface area contributed by atoms with Gasteiger partial charge in [-0.25, -0.2) is 14.4 Å². The molecule has 12 nitrogen and oxygen atoms in total. The average molecular weight is 575 g/mol. The number of benzene rings is 1. The summed E-state index contributed by atoms with van der Waals surface area (Å²) in [6.45, 7) is 5.78. The lowest BCUT2D eigenvalue weighted by molar-refractivity contribution is -0.148. The van der Waals surface area contributed by atoms with Crippen LogP contribution >= 0.6 is 7.75 Å². The Morgan fingerprint density at radius 2 is 1.90 bits per heavy atom. The summed E-state index contributed by atoms with van der Waals surface area (Å²) in [5, 5.41) is 15.2. The number of nitrogens with zero attached hydrogens (tertiary/aromatic N) is 2.